The number of rotatable bonds is 7. The van der Waals surface area contributed by atoms with Crippen LogP contribution in [0.3, 0.4) is 0 Å². The average Bonchev–Trinajstić information content (AvgIpc) is 2.36. The molecule has 0 unspecified atom stereocenters. The maximum Gasteiger partial charge on any atom is 0.242 e. The van der Waals surface area contributed by atoms with Gasteiger partial charge in [0.05, 0.1) is 0 Å². The van der Waals surface area contributed by atoms with E-state index in [1.807, 2.05) is 13.8 Å². The summed E-state index contributed by atoms with van der Waals surface area (Å²) in [7, 11) is -3.63. The largest absolute Gasteiger partial charge is 0.356 e. The van der Waals surface area contributed by atoms with Gasteiger partial charge in [-0.25, -0.2) is 13.1 Å². The third-order valence-corrected chi connectivity index (χ3v) is 4.20. The summed E-state index contributed by atoms with van der Waals surface area (Å²) >= 11 is 3.16. The highest BCUT2D eigenvalue weighted by atomic mass is 79.9. The van der Waals surface area contributed by atoms with Gasteiger partial charge in [0.15, 0.2) is 0 Å². The molecule has 0 saturated carbocycles. The number of pyridine rings is 1. The topological polar surface area (TPSA) is 88.2 Å². The third kappa shape index (κ3) is 5.98. The summed E-state index contributed by atoms with van der Waals surface area (Å²) in [5, 5.41) is 2.72. The zero-order valence-corrected chi connectivity index (χ0v) is 13.8. The van der Waals surface area contributed by atoms with Crippen LogP contribution in [0.25, 0.3) is 0 Å². The molecule has 0 radical (unpaired) electrons. The van der Waals surface area contributed by atoms with Gasteiger partial charge in [0.2, 0.25) is 15.9 Å². The van der Waals surface area contributed by atoms with Gasteiger partial charge in [0.1, 0.15) is 4.90 Å². The molecule has 0 aromatic carbocycles. The molecule has 0 saturated heterocycles. The first-order valence-corrected chi connectivity index (χ1v) is 8.46. The van der Waals surface area contributed by atoms with E-state index in [-0.39, 0.29) is 23.8 Å². The lowest BCUT2D eigenvalue weighted by atomic mass is 10.2. The minimum absolute atomic E-state index is 0.0543. The first-order valence-electron chi connectivity index (χ1n) is 6.18. The maximum atomic E-state index is 11.9. The Morgan fingerprint density at radius 3 is 2.70 bits per heavy atom. The molecule has 0 atom stereocenters. The Labute approximate surface area is 127 Å². The fourth-order valence-corrected chi connectivity index (χ4v) is 2.86. The monoisotopic (exact) mass is 363 g/mol. The molecule has 0 aliphatic heterocycles. The van der Waals surface area contributed by atoms with Crippen molar-refractivity contribution in [3.8, 4) is 0 Å². The molecular weight excluding hydrogens is 346 g/mol. The van der Waals surface area contributed by atoms with E-state index in [2.05, 4.69) is 31.0 Å². The van der Waals surface area contributed by atoms with Crippen LogP contribution in [0.5, 0.6) is 0 Å². The number of nitrogens with one attached hydrogen (secondary N) is 2. The molecule has 8 heteroatoms. The van der Waals surface area contributed by atoms with Gasteiger partial charge >= 0.3 is 0 Å². The third-order valence-electron chi connectivity index (χ3n) is 2.34. The summed E-state index contributed by atoms with van der Waals surface area (Å²) in [5.74, 6) is 0.192. The predicted molar refractivity (Wildman–Crippen MR) is 79.6 cm³/mol. The number of halogens is 1. The Morgan fingerprint density at radius 1 is 1.40 bits per heavy atom. The summed E-state index contributed by atoms with van der Waals surface area (Å²) in [6.07, 6.45) is 2.86. The second-order valence-corrected chi connectivity index (χ2v) is 7.37. The van der Waals surface area contributed by atoms with E-state index in [4.69, 9.17) is 0 Å². The van der Waals surface area contributed by atoms with E-state index in [0.717, 1.165) is 0 Å². The van der Waals surface area contributed by atoms with Crippen molar-refractivity contribution in [1.82, 2.24) is 15.0 Å². The van der Waals surface area contributed by atoms with E-state index in [1.165, 1.54) is 18.5 Å². The molecule has 0 spiro atoms. The van der Waals surface area contributed by atoms with Gasteiger partial charge in [-0.05, 0) is 27.9 Å². The van der Waals surface area contributed by atoms with E-state index in [1.54, 1.807) is 0 Å². The van der Waals surface area contributed by atoms with Gasteiger partial charge < -0.3 is 5.32 Å². The van der Waals surface area contributed by atoms with Gasteiger partial charge in [-0.1, -0.05) is 13.8 Å². The molecule has 1 heterocycles. The molecule has 0 fully saturated rings. The number of nitrogens with zero attached hydrogens (tertiary/aromatic N) is 1. The Bertz CT molecular complexity index is 561. The molecule has 0 bridgehead atoms. The molecule has 2 N–H and O–H groups in total. The minimum Gasteiger partial charge on any atom is -0.356 e. The summed E-state index contributed by atoms with van der Waals surface area (Å²) < 4.78 is 26.8. The molecule has 1 rings (SSSR count). The van der Waals surface area contributed by atoms with Crippen molar-refractivity contribution in [1.29, 1.82) is 0 Å². The molecule has 6 nitrogen and oxygen atoms in total. The number of carbonyl (C=O) groups is 1. The fourth-order valence-electron chi connectivity index (χ4n) is 1.33. The van der Waals surface area contributed by atoms with Crippen LogP contribution in [0, 0.1) is 5.92 Å². The predicted octanol–water partition coefficient (Wildman–Crippen LogP) is 1.28. The number of sulfonamides is 1. The highest BCUT2D eigenvalue weighted by Gasteiger charge is 2.14. The van der Waals surface area contributed by atoms with Crippen molar-refractivity contribution in [2.45, 2.75) is 25.2 Å². The molecule has 1 aromatic rings. The van der Waals surface area contributed by atoms with Crippen molar-refractivity contribution in [2.75, 3.05) is 13.1 Å². The molecule has 20 heavy (non-hydrogen) atoms. The van der Waals surface area contributed by atoms with Crippen molar-refractivity contribution in [3.05, 3.63) is 22.9 Å². The van der Waals surface area contributed by atoms with Gasteiger partial charge in [-0.15, -0.1) is 0 Å². The average molecular weight is 364 g/mol. The summed E-state index contributed by atoms with van der Waals surface area (Å²) in [6, 6.07) is 1.45. The van der Waals surface area contributed by atoms with E-state index >= 15 is 0 Å². The van der Waals surface area contributed by atoms with Crippen molar-refractivity contribution in [2.24, 2.45) is 5.92 Å². The smallest absolute Gasteiger partial charge is 0.242 e. The molecule has 0 aliphatic rings. The van der Waals surface area contributed by atoms with Crippen LogP contribution < -0.4 is 10.0 Å². The Balaban J connectivity index is 2.47. The van der Waals surface area contributed by atoms with E-state index in [0.29, 0.717) is 16.9 Å². The summed E-state index contributed by atoms with van der Waals surface area (Å²) in [4.78, 5) is 15.3. The van der Waals surface area contributed by atoms with Crippen molar-refractivity contribution in [3.63, 3.8) is 0 Å². The molecule has 0 aliphatic carbocycles. The number of carbonyl (C=O) groups excluding carboxylic acids is 1. The van der Waals surface area contributed by atoms with Crippen LogP contribution in [-0.2, 0) is 14.8 Å². The Kier molecular flexibility index (Phi) is 6.57. The van der Waals surface area contributed by atoms with E-state index < -0.39 is 10.0 Å². The number of hydrogen-bond donors (Lipinski definition) is 2. The maximum absolute atomic E-state index is 11.9. The SMILES string of the molecule is CC(C)CNC(=O)CCNS(=O)(=O)c1cncc(Br)c1. The lowest BCUT2D eigenvalue weighted by molar-refractivity contribution is -0.121. The first-order chi connectivity index (χ1) is 9.31. The van der Waals surface area contributed by atoms with Gasteiger partial charge in [-0.3, -0.25) is 9.78 Å². The van der Waals surface area contributed by atoms with Gasteiger partial charge in [-0.2, -0.15) is 0 Å². The van der Waals surface area contributed by atoms with Crippen LogP contribution in [-0.4, -0.2) is 32.4 Å². The number of amides is 1. The Morgan fingerprint density at radius 2 is 2.10 bits per heavy atom. The molecule has 112 valence electrons. The lowest BCUT2D eigenvalue weighted by Crippen LogP contribution is -2.32. The normalized spacial score (nSPS) is 11.6. The van der Waals surface area contributed by atoms with Gasteiger partial charge in [0.25, 0.3) is 0 Å². The Hall–Kier alpha value is -0.990. The quantitative estimate of drug-likeness (QED) is 0.763. The van der Waals surface area contributed by atoms with E-state index in [9.17, 15) is 13.2 Å². The molecular formula is C12H18BrN3O3S. The molecule has 1 aromatic heterocycles. The molecule has 1 amide bonds. The van der Waals surface area contributed by atoms with Gasteiger partial charge in [0, 0.05) is 36.4 Å². The lowest BCUT2D eigenvalue weighted by Gasteiger charge is -2.09. The summed E-state index contributed by atoms with van der Waals surface area (Å²) in [5.41, 5.74) is 0. The van der Waals surface area contributed by atoms with Crippen LogP contribution >= 0.6 is 15.9 Å². The first kappa shape index (κ1) is 17.1. The van der Waals surface area contributed by atoms with Crippen LogP contribution in [0.1, 0.15) is 20.3 Å². The van der Waals surface area contributed by atoms with Crippen LogP contribution in [0.2, 0.25) is 0 Å². The number of hydrogen-bond acceptors (Lipinski definition) is 4. The van der Waals surface area contributed by atoms with Crippen LogP contribution in [0.15, 0.2) is 27.8 Å². The highest BCUT2D eigenvalue weighted by molar-refractivity contribution is 9.10. The van der Waals surface area contributed by atoms with Crippen molar-refractivity contribution >= 4 is 31.9 Å². The van der Waals surface area contributed by atoms with Crippen LogP contribution in [0.4, 0.5) is 0 Å². The fraction of sp³-hybridized carbons (Fsp3) is 0.500. The number of aromatic nitrogens is 1. The second kappa shape index (κ2) is 7.70. The highest BCUT2D eigenvalue weighted by Crippen LogP contribution is 2.13. The summed E-state index contributed by atoms with van der Waals surface area (Å²) in [6.45, 7) is 4.62. The van der Waals surface area contributed by atoms with Crippen molar-refractivity contribution < 1.29 is 13.2 Å². The zero-order chi connectivity index (χ0) is 15.2. The minimum atomic E-state index is -3.63. The second-order valence-electron chi connectivity index (χ2n) is 4.68. The zero-order valence-electron chi connectivity index (χ0n) is 11.4. The standard InChI is InChI=1S/C12H18BrN3O3S/c1-9(2)6-15-12(17)3-4-16-20(18,19)11-5-10(13)7-14-8-11/h5,7-9,16H,3-4,6H2,1-2H3,(H,15,17).